The Morgan fingerprint density at radius 3 is 2.96 bits per heavy atom. The molecule has 140 valence electrons. The third-order valence-corrected chi connectivity index (χ3v) is 5.78. The van der Waals surface area contributed by atoms with E-state index in [1.54, 1.807) is 12.4 Å². The maximum absolute atomic E-state index is 12.7. The van der Waals surface area contributed by atoms with Gasteiger partial charge in [0.2, 0.25) is 0 Å². The van der Waals surface area contributed by atoms with E-state index >= 15 is 0 Å². The lowest BCUT2D eigenvalue weighted by molar-refractivity contribution is 0.103. The van der Waals surface area contributed by atoms with Crippen molar-refractivity contribution in [2.24, 2.45) is 0 Å². The lowest BCUT2D eigenvalue weighted by Gasteiger charge is -2.08. The molecule has 3 aromatic heterocycles. The Bertz CT molecular complexity index is 1180. The van der Waals surface area contributed by atoms with Gasteiger partial charge in [0.15, 0.2) is 5.13 Å². The van der Waals surface area contributed by atoms with Crippen molar-refractivity contribution in [2.45, 2.75) is 25.7 Å². The van der Waals surface area contributed by atoms with Crippen LogP contribution in [0.2, 0.25) is 0 Å². The highest BCUT2D eigenvalue weighted by atomic mass is 32.1. The number of H-pyrrole nitrogens is 1. The normalized spacial score (nSPS) is 13.6. The summed E-state index contributed by atoms with van der Waals surface area (Å²) in [6.45, 7) is 1.96. The number of pyridine rings is 1. The van der Waals surface area contributed by atoms with Crippen LogP contribution in [0.3, 0.4) is 0 Å². The van der Waals surface area contributed by atoms with E-state index in [4.69, 9.17) is 0 Å². The molecule has 0 spiro atoms. The molecule has 0 atom stereocenters. The summed E-state index contributed by atoms with van der Waals surface area (Å²) in [5.74, 6) is 1.22. The van der Waals surface area contributed by atoms with Crippen LogP contribution in [0.1, 0.15) is 39.6 Å². The molecule has 3 heterocycles. The van der Waals surface area contributed by atoms with Gasteiger partial charge in [-0.3, -0.25) is 9.89 Å². The Morgan fingerprint density at radius 2 is 2.11 bits per heavy atom. The molecule has 0 unspecified atom stereocenters. The zero-order valence-electron chi connectivity index (χ0n) is 15.2. The highest BCUT2D eigenvalue weighted by Gasteiger charge is 2.23. The largest absolute Gasteiger partial charge is 0.320 e. The molecule has 1 aliphatic carbocycles. The molecule has 1 aliphatic rings. The summed E-state index contributed by atoms with van der Waals surface area (Å²) in [6, 6.07) is 8.02. The molecule has 5 rings (SSSR count). The monoisotopic (exact) mass is 390 g/mol. The van der Waals surface area contributed by atoms with E-state index in [1.165, 1.54) is 29.7 Å². The molecule has 0 aliphatic heterocycles. The van der Waals surface area contributed by atoms with Crippen LogP contribution in [0.4, 0.5) is 16.6 Å². The molecule has 1 fully saturated rings. The highest BCUT2D eigenvalue weighted by Crippen LogP contribution is 2.40. The third kappa shape index (κ3) is 3.22. The number of rotatable bonds is 5. The first-order valence-corrected chi connectivity index (χ1v) is 9.92. The number of amides is 1. The van der Waals surface area contributed by atoms with Crippen molar-refractivity contribution in [3.05, 3.63) is 58.9 Å². The maximum atomic E-state index is 12.7. The van der Waals surface area contributed by atoms with Crippen LogP contribution in [-0.2, 0) is 0 Å². The maximum Gasteiger partial charge on any atom is 0.267 e. The summed E-state index contributed by atoms with van der Waals surface area (Å²) in [6.07, 6.45) is 7.60. The molecule has 1 amide bonds. The summed E-state index contributed by atoms with van der Waals surface area (Å²) in [7, 11) is 0. The standard InChI is InChI=1S/C20H18N6OS/c1-11-2-5-15-14(9-23-26-15)18(11)25-19(27)16-10-22-20(28-16)24-17-8-13(6-7-21-17)12-3-4-12/h2,5-10,12H,3-4H2,1H3,(H,23,26)(H,25,27)(H,21,22,24). The number of fused-ring (bicyclic) bond motifs is 1. The molecule has 0 bridgehead atoms. The van der Waals surface area contributed by atoms with Crippen molar-refractivity contribution in [2.75, 3.05) is 10.6 Å². The molecule has 4 aromatic rings. The quantitative estimate of drug-likeness (QED) is 0.463. The molecule has 8 heteroatoms. The number of benzene rings is 1. The minimum atomic E-state index is -0.193. The first kappa shape index (κ1) is 16.9. The lowest BCUT2D eigenvalue weighted by atomic mass is 10.1. The lowest BCUT2D eigenvalue weighted by Crippen LogP contribution is -2.11. The summed E-state index contributed by atoms with van der Waals surface area (Å²) >= 11 is 1.30. The van der Waals surface area contributed by atoms with Gasteiger partial charge in [-0.05, 0) is 55.0 Å². The van der Waals surface area contributed by atoms with Crippen LogP contribution in [0.5, 0.6) is 0 Å². The van der Waals surface area contributed by atoms with Gasteiger partial charge >= 0.3 is 0 Å². The fraction of sp³-hybridized carbons (Fsp3) is 0.200. The summed E-state index contributed by atoms with van der Waals surface area (Å²) in [5.41, 5.74) is 3.93. The van der Waals surface area contributed by atoms with Crippen molar-refractivity contribution in [1.29, 1.82) is 0 Å². The molecule has 1 saturated carbocycles. The number of hydrogen-bond donors (Lipinski definition) is 3. The topological polar surface area (TPSA) is 95.6 Å². The van der Waals surface area contributed by atoms with Gasteiger partial charge in [0.05, 0.1) is 23.6 Å². The average molecular weight is 390 g/mol. The van der Waals surface area contributed by atoms with E-state index in [-0.39, 0.29) is 5.91 Å². The van der Waals surface area contributed by atoms with Gasteiger partial charge in [0.1, 0.15) is 10.7 Å². The van der Waals surface area contributed by atoms with Crippen LogP contribution in [0, 0.1) is 6.92 Å². The second-order valence-corrected chi connectivity index (χ2v) is 7.98. The van der Waals surface area contributed by atoms with Gasteiger partial charge in [-0.25, -0.2) is 9.97 Å². The predicted molar refractivity (Wildman–Crippen MR) is 110 cm³/mol. The van der Waals surface area contributed by atoms with Gasteiger partial charge in [-0.15, -0.1) is 0 Å². The smallest absolute Gasteiger partial charge is 0.267 e. The number of nitrogens with zero attached hydrogens (tertiary/aromatic N) is 3. The van der Waals surface area contributed by atoms with Gasteiger partial charge < -0.3 is 10.6 Å². The summed E-state index contributed by atoms with van der Waals surface area (Å²) in [5, 5.41) is 14.7. The Hall–Kier alpha value is -3.26. The SMILES string of the molecule is Cc1ccc2[nH]ncc2c1NC(=O)c1cnc(Nc2cc(C3CC3)ccn2)s1. The Morgan fingerprint density at radius 1 is 1.21 bits per heavy atom. The van der Waals surface area contributed by atoms with Crippen LogP contribution in [-0.4, -0.2) is 26.1 Å². The van der Waals surface area contributed by atoms with E-state index < -0.39 is 0 Å². The van der Waals surface area contributed by atoms with Crippen molar-refractivity contribution in [3.63, 3.8) is 0 Å². The van der Waals surface area contributed by atoms with Gasteiger partial charge in [-0.1, -0.05) is 17.4 Å². The summed E-state index contributed by atoms with van der Waals surface area (Å²) in [4.78, 5) is 21.9. The molecule has 3 N–H and O–H groups in total. The molecule has 0 radical (unpaired) electrons. The number of nitrogens with one attached hydrogen (secondary N) is 3. The van der Waals surface area contributed by atoms with E-state index in [9.17, 15) is 4.79 Å². The Balaban J connectivity index is 1.34. The minimum absolute atomic E-state index is 0.193. The number of aryl methyl sites for hydroxylation is 1. The van der Waals surface area contributed by atoms with Crippen LogP contribution < -0.4 is 10.6 Å². The fourth-order valence-electron chi connectivity index (χ4n) is 3.20. The van der Waals surface area contributed by atoms with E-state index in [1.807, 2.05) is 25.3 Å². The van der Waals surface area contributed by atoms with Crippen LogP contribution in [0.15, 0.2) is 42.9 Å². The van der Waals surface area contributed by atoms with Gasteiger partial charge in [-0.2, -0.15) is 5.10 Å². The number of aromatic nitrogens is 4. The molecule has 1 aromatic carbocycles. The number of hydrogen-bond acceptors (Lipinski definition) is 6. The molecular formula is C20H18N6OS. The zero-order valence-corrected chi connectivity index (χ0v) is 16.0. The van der Waals surface area contributed by atoms with Crippen LogP contribution >= 0.6 is 11.3 Å². The van der Waals surface area contributed by atoms with E-state index in [0.29, 0.717) is 15.9 Å². The van der Waals surface area contributed by atoms with E-state index in [0.717, 1.165) is 28.0 Å². The van der Waals surface area contributed by atoms with Crippen molar-refractivity contribution in [1.82, 2.24) is 20.2 Å². The number of carbonyl (C=O) groups excluding carboxylic acids is 1. The minimum Gasteiger partial charge on any atom is -0.320 e. The van der Waals surface area contributed by atoms with E-state index in [2.05, 4.69) is 42.9 Å². The number of thiazole rings is 1. The molecular weight excluding hydrogens is 372 g/mol. The van der Waals surface area contributed by atoms with Crippen molar-refractivity contribution in [3.8, 4) is 0 Å². The number of anilines is 3. The molecule has 0 saturated heterocycles. The third-order valence-electron chi connectivity index (χ3n) is 4.87. The van der Waals surface area contributed by atoms with Gasteiger partial charge in [0.25, 0.3) is 5.91 Å². The first-order valence-electron chi connectivity index (χ1n) is 9.10. The second-order valence-electron chi connectivity index (χ2n) is 6.95. The number of carbonyl (C=O) groups is 1. The number of aromatic amines is 1. The molecule has 28 heavy (non-hydrogen) atoms. The zero-order chi connectivity index (χ0) is 19.1. The average Bonchev–Trinajstić information content (AvgIpc) is 3.26. The van der Waals surface area contributed by atoms with Crippen molar-refractivity contribution < 1.29 is 4.79 Å². The fourth-order valence-corrected chi connectivity index (χ4v) is 3.92. The predicted octanol–water partition coefficient (Wildman–Crippen LogP) is 4.60. The first-order chi connectivity index (χ1) is 13.7. The second kappa shape index (κ2) is 6.72. The Labute approximate surface area is 165 Å². The van der Waals surface area contributed by atoms with Gasteiger partial charge in [0, 0.05) is 11.6 Å². The van der Waals surface area contributed by atoms with Crippen molar-refractivity contribution >= 4 is 44.8 Å². The highest BCUT2D eigenvalue weighted by molar-refractivity contribution is 7.17. The van der Waals surface area contributed by atoms with Crippen LogP contribution in [0.25, 0.3) is 10.9 Å². The summed E-state index contributed by atoms with van der Waals surface area (Å²) < 4.78 is 0. The Kier molecular flexibility index (Phi) is 4.05. The molecule has 7 nitrogen and oxygen atoms in total.